The van der Waals surface area contributed by atoms with Crippen LogP contribution in [0.2, 0.25) is 0 Å². The van der Waals surface area contributed by atoms with Crippen molar-refractivity contribution in [1.82, 2.24) is 9.97 Å². The third-order valence-electron chi connectivity index (χ3n) is 25.9. The van der Waals surface area contributed by atoms with Gasteiger partial charge >= 0.3 is 0 Å². The second-order valence-electron chi connectivity index (χ2n) is 38.7. The SMILES string of the molecule is Cc1cc(C)cc(-c2ncc(C)c3cc(C(C)C)ccc23)c1.Cc1cc(C)cc(-c2nccc3cc(C4CCCC4)ccc23)c1.Cc1ccc(-c2ccccc2)c2ccc(C(C)C)cc12.Cc1ccc(-c2ccccc2)c2ccc(CC(C)C)cc12.Cc1cccc(-c2ccc(C)c3cc(C(C)C)ccc23)c1.Cc1cccc(-c2ccc(C)c3cc(CC(C)C)ccc23)c1. The van der Waals surface area contributed by atoms with Crippen LogP contribution in [-0.4, -0.2) is 9.97 Å². The summed E-state index contributed by atoms with van der Waals surface area (Å²) in [4.78, 5) is 9.42. The van der Waals surface area contributed by atoms with Crippen molar-refractivity contribution < 1.29 is 0 Å². The molecular weight excluding hydrogens is 1550 g/mol. The van der Waals surface area contributed by atoms with Crippen LogP contribution in [0.15, 0.2) is 322 Å². The second kappa shape index (κ2) is 42.1. The number of pyridine rings is 2. The molecule has 652 valence electrons. The molecule has 0 bridgehead atoms. The minimum Gasteiger partial charge on any atom is -0.256 e. The molecule has 0 atom stereocenters. The third-order valence-corrected chi connectivity index (χ3v) is 25.9. The molecule has 2 aromatic heterocycles. The summed E-state index contributed by atoms with van der Waals surface area (Å²) in [5, 5.41) is 16.1. The van der Waals surface area contributed by atoms with E-state index in [0.29, 0.717) is 29.6 Å². The molecule has 16 aromatic carbocycles. The molecule has 0 spiro atoms. The number of rotatable bonds is 14. The van der Waals surface area contributed by atoms with E-state index in [1.54, 1.807) is 0 Å². The Balaban J connectivity index is 0.000000125. The standard InChI is InChI=1S/C22H23N.C22H24.C21H23N.2C21H22.C20H20/c1-15-11-16(2)13-20(12-15)22-21-8-7-18(17-5-3-4-6-17)14-19(21)9-10-23-22;1-15(2)12-18-9-11-21-20(10-8-17(4)22(21)14-18)19-7-5-6-16(3)13-19;1-13(2)17-6-7-19-20(11-17)16(5)12-22-21(19)18-9-14(3)8-15(4)10-18;1-14(2)17-9-11-20-19(10-8-16(4)21(20)13-17)18-7-5-6-15(3)12-18;1-15(2)13-17-10-12-20-19(18-7-5-4-6-8-18)11-9-16(3)21(20)14-17;1-14(2)17-10-12-19-18(16-7-5-4-6-8-16)11-9-15(3)20(19)13-17/h7-14,17H,3-6H2,1-2H3;5-11,13-15H,12H2,1-4H3;6-13H,1-5H3;5-14H,1-4H3;4-12,14-15H,13H2,1-3H3;4-14H,1-3H3. The van der Waals surface area contributed by atoms with Crippen LogP contribution in [0.3, 0.4) is 0 Å². The molecule has 19 rings (SSSR count). The molecule has 2 heteroatoms. The molecule has 0 N–H and O–H groups in total. The fourth-order valence-electron chi connectivity index (χ4n) is 19.0. The summed E-state index contributed by atoms with van der Waals surface area (Å²) in [5.74, 6) is 3.83. The molecule has 1 fully saturated rings. The molecule has 0 unspecified atom stereocenters. The lowest BCUT2D eigenvalue weighted by atomic mass is 9.91. The van der Waals surface area contributed by atoms with Gasteiger partial charge in [0.25, 0.3) is 0 Å². The predicted octanol–water partition coefficient (Wildman–Crippen LogP) is 36.6. The summed E-state index contributed by atoms with van der Waals surface area (Å²) in [6.07, 6.45) is 11.7. The average Bonchev–Trinajstić information content (AvgIpc) is 1.40. The summed E-state index contributed by atoms with van der Waals surface area (Å²) in [6.45, 7) is 46.4. The van der Waals surface area contributed by atoms with Crippen LogP contribution in [0, 0.1) is 88.0 Å². The van der Waals surface area contributed by atoms with E-state index < -0.39 is 0 Å². The molecule has 129 heavy (non-hydrogen) atoms. The van der Waals surface area contributed by atoms with Crippen molar-refractivity contribution in [2.75, 3.05) is 0 Å². The van der Waals surface area contributed by atoms with Crippen LogP contribution < -0.4 is 0 Å². The Kier molecular flexibility index (Phi) is 30.2. The largest absolute Gasteiger partial charge is 0.256 e. The first-order valence-electron chi connectivity index (χ1n) is 47.4. The molecule has 2 heterocycles. The van der Waals surface area contributed by atoms with Gasteiger partial charge in [0, 0.05) is 34.3 Å². The van der Waals surface area contributed by atoms with Gasteiger partial charge in [-0.1, -0.05) is 395 Å². The van der Waals surface area contributed by atoms with Crippen LogP contribution in [0.5, 0.6) is 0 Å². The average molecular weight is 1690 g/mol. The quantitative estimate of drug-likeness (QED) is 0.108. The zero-order valence-corrected chi connectivity index (χ0v) is 80.7. The summed E-state index contributed by atoms with van der Waals surface area (Å²) in [6, 6.07) is 114. The molecule has 0 saturated heterocycles. The molecule has 1 saturated carbocycles. The monoisotopic (exact) mass is 1690 g/mol. The first-order valence-corrected chi connectivity index (χ1v) is 47.4. The van der Waals surface area contributed by atoms with Gasteiger partial charge in [-0.2, -0.15) is 0 Å². The normalized spacial score (nSPS) is 12.0. The summed E-state index contributed by atoms with van der Waals surface area (Å²) in [7, 11) is 0. The zero-order chi connectivity index (χ0) is 91.3. The van der Waals surface area contributed by atoms with Crippen molar-refractivity contribution >= 4 is 64.6 Å². The number of hydrogen-bond acceptors (Lipinski definition) is 2. The predicted molar refractivity (Wildman–Crippen MR) is 565 cm³/mol. The molecule has 1 aliphatic carbocycles. The molecule has 1 aliphatic rings. The topological polar surface area (TPSA) is 25.8 Å². The molecular formula is C127H134N2. The molecule has 0 amide bonds. The number of fused-ring (bicyclic) bond motifs is 6. The Labute approximate surface area is 772 Å². The van der Waals surface area contributed by atoms with Crippen molar-refractivity contribution in [2.45, 2.75) is 208 Å². The van der Waals surface area contributed by atoms with E-state index in [-0.39, 0.29) is 0 Å². The Morgan fingerprint density at radius 2 is 0.589 bits per heavy atom. The maximum absolute atomic E-state index is 4.73. The van der Waals surface area contributed by atoms with Gasteiger partial charge < -0.3 is 0 Å². The van der Waals surface area contributed by atoms with Crippen molar-refractivity contribution in [3.05, 3.63) is 416 Å². The lowest BCUT2D eigenvalue weighted by Gasteiger charge is -2.13. The lowest BCUT2D eigenvalue weighted by molar-refractivity contribution is 0.647. The molecule has 0 aliphatic heterocycles. The third kappa shape index (κ3) is 22.7. The summed E-state index contributed by atoms with van der Waals surface area (Å²) < 4.78 is 0. The van der Waals surface area contributed by atoms with E-state index in [0.717, 1.165) is 30.1 Å². The Morgan fingerprint density at radius 1 is 0.248 bits per heavy atom. The summed E-state index contributed by atoms with van der Waals surface area (Å²) in [5.41, 5.74) is 38.1. The first-order chi connectivity index (χ1) is 62.1. The van der Waals surface area contributed by atoms with E-state index in [2.05, 4.69) is 460 Å². The highest BCUT2D eigenvalue weighted by Crippen LogP contribution is 2.41. The number of nitrogens with zero attached hydrogens (tertiary/aromatic N) is 2. The number of hydrogen-bond donors (Lipinski definition) is 0. The smallest absolute Gasteiger partial charge is 0.0780 e. The number of benzene rings is 16. The molecule has 0 radical (unpaired) electrons. The summed E-state index contributed by atoms with van der Waals surface area (Å²) >= 11 is 0. The lowest BCUT2D eigenvalue weighted by Crippen LogP contribution is -1.94. The van der Waals surface area contributed by atoms with Gasteiger partial charge in [-0.3, -0.25) is 9.97 Å². The van der Waals surface area contributed by atoms with Crippen molar-refractivity contribution in [1.29, 1.82) is 0 Å². The van der Waals surface area contributed by atoms with Crippen LogP contribution >= 0.6 is 0 Å². The van der Waals surface area contributed by atoms with Crippen molar-refractivity contribution in [3.8, 4) is 67.0 Å². The number of aryl methyl sites for hydroxylation is 11. The highest BCUT2D eigenvalue weighted by molar-refractivity contribution is 6.03. The van der Waals surface area contributed by atoms with Crippen molar-refractivity contribution in [3.63, 3.8) is 0 Å². The minimum absolute atomic E-state index is 0.543. The van der Waals surface area contributed by atoms with Gasteiger partial charge in [0.1, 0.15) is 0 Å². The fraction of sp³-hybridized carbons (Fsp3) is 0.260. The van der Waals surface area contributed by atoms with Gasteiger partial charge in [0.15, 0.2) is 0 Å². The Bertz CT molecular complexity index is 6920. The van der Waals surface area contributed by atoms with Gasteiger partial charge in [-0.25, -0.2) is 0 Å². The maximum Gasteiger partial charge on any atom is 0.0780 e. The van der Waals surface area contributed by atoms with Crippen LogP contribution in [0.25, 0.3) is 132 Å². The van der Waals surface area contributed by atoms with E-state index >= 15 is 0 Å². The molecule has 18 aromatic rings. The maximum atomic E-state index is 4.73. The zero-order valence-electron chi connectivity index (χ0n) is 80.7. The van der Waals surface area contributed by atoms with Gasteiger partial charge in [0.2, 0.25) is 0 Å². The van der Waals surface area contributed by atoms with Gasteiger partial charge in [-0.05, 0) is 327 Å². The van der Waals surface area contributed by atoms with Crippen LogP contribution in [0.1, 0.15) is 213 Å². The highest BCUT2D eigenvalue weighted by atomic mass is 14.7. The fourth-order valence-corrected chi connectivity index (χ4v) is 19.0. The minimum atomic E-state index is 0.543. The second-order valence-corrected chi connectivity index (χ2v) is 38.7. The van der Waals surface area contributed by atoms with Crippen LogP contribution in [0.4, 0.5) is 0 Å². The van der Waals surface area contributed by atoms with E-state index in [9.17, 15) is 0 Å². The van der Waals surface area contributed by atoms with Gasteiger partial charge in [-0.15, -0.1) is 0 Å². The van der Waals surface area contributed by atoms with E-state index in [1.165, 1.54) is 241 Å². The van der Waals surface area contributed by atoms with E-state index in [4.69, 9.17) is 4.98 Å². The van der Waals surface area contributed by atoms with Crippen molar-refractivity contribution in [2.24, 2.45) is 11.8 Å². The van der Waals surface area contributed by atoms with Gasteiger partial charge in [0.05, 0.1) is 11.4 Å². The highest BCUT2D eigenvalue weighted by Gasteiger charge is 2.20. The number of aromatic nitrogens is 2. The Hall–Kier alpha value is -12.6. The van der Waals surface area contributed by atoms with E-state index in [1.807, 2.05) is 12.4 Å². The van der Waals surface area contributed by atoms with Crippen LogP contribution in [-0.2, 0) is 12.8 Å². The Morgan fingerprint density at radius 3 is 0.977 bits per heavy atom. The molecule has 2 nitrogen and oxygen atoms in total. The first kappa shape index (κ1) is 92.6.